The number of ether oxygens (including phenoxy) is 1. The van der Waals surface area contributed by atoms with Crippen molar-refractivity contribution in [3.63, 3.8) is 0 Å². The topological polar surface area (TPSA) is 64.3 Å². The Balaban J connectivity index is 4.27. The molecule has 1 amide bonds. The molecule has 0 aliphatic heterocycles. The summed E-state index contributed by atoms with van der Waals surface area (Å²) in [6, 6.07) is 0. The molecule has 0 aromatic carbocycles. The highest BCUT2D eigenvalue weighted by molar-refractivity contribution is 5.84. The molecule has 0 aromatic rings. The fourth-order valence-electron chi connectivity index (χ4n) is 1.10. The Bertz CT molecular complexity index is 219. The monoisotopic (exact) mass is 230 g/mol. The molecule has 0 saturated heterocycles. The zero-order chi connectivity index (χ0) is 12.8. The molecule has 0 aliphatic rings. The molecular formula is C12H26N2O2. The number of carbonyl (C=O) groups is 1. The van der Waals surface area contributed by atoms with E-state index in [0.29, 0.717) is 12.5 Å². The summed E-state index contributed by atoms with van der Waals surface area (Å²) >= 11 is 0. The average molecular weight is 230 g/mol. The second-order valence-electron chi connectivity index (χ2n) is 4.88. The number of rotatable bonds is 8. The van der Waals surface area contributed by atoms with Gasteiger partial charge in [0.05, 0.1) is 12.7 Å². The summed E-state index contributed by atoms with van der Waals surface area (Å²) in [6.45, 7) is 11.1. The van der Waals surface area contributed by atoms with Gasteiger partial charge in [-0.3, -0.25) is 4.79 Å². The lowest BCUT2D eigenvalue weighted by molar-refractivity contribution is -0.127. The summed E-state index contributed by atoms with van der Waals surface area (Å²) in [5.41, 5.74) is 4.63. The Kier molecular flexibility index (Phi) is 6.60. The van der Waals surface area contributed by atoms with Gasteiger partial charge in [-0.05, 0) is 32.7 Å². The van der Waals surface area contributed by atoms with Crippen LogP contribution >= 0.6 is 0 Å². The number of nitrogens with two attached hydrogens (primary N) is 1. The smallest absolute Gasteiger partial charge is 0.239 e. The Morgan fingerprint density at radius 3 is 2.38 bits per heavy atom. The van der Waals surface area contributed by atoms with E-state index < -0.39 is 5.54 Å². The first-order valence-electron chi connectivity index (χ1n) is 6.00. The van der Waals surface area contributed by atoms with Gasteiger partial charge < -0.3 is 15.8 Å². The molecule has 4 nitrogen and oxygen atoms in total. The molecule has 0 rings (SSSR count). The molecular weight excluding hydrogens is 204 g/mol. The number of hydrogen-bond acceptors (Lipinski definition) is 3. The summed E-state index contributed by atoms with van der Waals surface area (Å²) in [7, 11) is 0. The van der Waals surface area contributed by atoms with Crippen molar-refractivity contribution < 1.29 is 9.53 Å². The van der Waals surface area contributed by atoms with Crippen LogP contribution in [0, 0.1) is 5.92 Å². The van der Waals surface area contributed by atoms with Gasteiger partial charge in [0.2, 0.25) is 5.91 Å². The Hall–Kier alpha value is -0.610. The Labute approximate surface area is 98.9 Å². The molecule has 0 spiro atoms. The van der Waals surface area contributed by atoms with Crippen LogP contribution in [0.4, 0.5) is 0 Å². The molecule has 0 bridgehead atoms. The van der Waals surface area contributed by atoms with E-state index in [1.165, 1.54) is 0 Å². The first-order chi connectivity index (χ1) is 7.33. The molecule has 0 radical (unpaired) electrons. The molecule has 16 heavy (non-hydrogen) atoms. The highest BCUT2D eigenvalue weighted by Crippen LogP contribution is 2.10. The summed E-state index contributed by atoms with van der Waals surface area (Å²) in [5.74, 6) is 0.0696. The molecule has 3 N–H and O–H groups in total. The third kappa shape index (κ3) is 4.94. The predicted molar refractivity (Wildman–Crippen MR) is 66.1 cm³/mol. The van der Waals surface area contributed by atoms with Crippen LogP contribution in [0.15, 0.2) is 0 Å². The van der Waals surface area contributed by atoms with Gasteiger partial charge in [-0.15, -0.1) is 0 Å². The van der Waals surface area contributed by atoms with E-state index in [4.69, 9.17) is 10.5 Å². The minimum atomic E-state index is -0.765. The van der Waals surface area contributed by atoms with E-state index in [1.807, 2.05) is 13.8 Å². The molecule has 0 fully saturated rings. The molecule has 0 heterocycles. The molecule has 0 saturated carbocycles. The molecule has 0 aliphatic carbocycles. The van der Waals surface area contributed by atoms with Crippen LogP contribution in [0.2, 0.25) is 0 Å². The van der Waals surface area contributed by atoms with Crippen molar-refractivity contribution in [3.8, 4) is 0 Å². The summed E-state index contributed by atoms with van der Waals surface area (Å²) in [4.78, 5) is 11.4. The van der Waals surface area contributed by atoms with Crippen LogP contribution in [0.1, 0.15) is 41.0 Å². The summed E-state index contributed by atoms with van der Waals surface area (Å²) in [5, 5.41) is 3.14. The largest absolute Gasteiger partial charge is 0.376 e. The van der Waals surface area contributed by atoms with Crippen molar-refractivity contribution in [2.45, 2.75) is 52.7 Å². The standard InChI is InChI=1S/C12H26N2O2/c1-6-7-14-12(5,11(13)15)8-16-10(4)9(2)3/h9-10,14H,6-8H2,1-5H3,(H2,13,15). The van der Waals surface area contributed by atoms with Gasteiger partial charge in [-0.25, -0.2) is 0 Å². The van der Waals surface area contributed by atoms with Crippen molar-refractivity contribution in [1.29, 1.82) is 0 Å². The van der Waals surface area contributed by atoms with Crippen molar-refractivity contribution >= 4 is 5.91 Å². The van der Waals surface area contributed by atoms with E-state index >= 15 is 0 Å². The van der Waals surface area contributed by atoms with Crippen LogP contribution in [0.25, 0.3) is 0 Å². The van der Waals surface area contributed by atoms with Crippen molar-refractivity contribution in [2.24, 2.45) is 11.7 Å². The quantitative estimate of drug-likeness (QED) is 0.660. The molecule has 4 heteroatoms. The normalized spacial score (nSPS) is 17.1. The van der Waals surface area contributed by atoms with Crippen molar-refractivity contribution in [3.05, 3.63) is 0 Å². The van der Waals surface area contributed by atoms with E-state index in [9.17, 15) is 4.79 Å². The van der Waals surface area contributed by atoms with Gasteiger partial charge >= 0.3 is 0 Å². The lowest BCUT2D eigenvalue weighted by atomic mass is 10.0. The van der Waals surface area contributed by atoms with Crippen LogP contribution in [0.3, 0.4) is 0 Å². The van der Waals surface area contributed by atoms with Gasteiger partial charge in [-0.1, -0.05) is 20.8 Å². The SMILES string of the molecule is CCCNC(C)(COC(C)C(C)C)C(N)=O. The van der Waals surface area contributed by atoms with Crippen LogP contribution in [0.5, 0.6) is 0 Å². The van der Waals surface area contributed by atoms with Crippen LogP contribution < -0.4 is 11.1 Å². The predicted octanol–water partition coefficient (Wildman–Crippen LogP) is 1.29. The average Bonchev–Trinajstić information content (AvgIpc) is 2.22. The Morgan fingerprint density at radius 1 is 1.44 bits per heavy atom. The fraction of sp³-hybridized carbons (Fsp3) is 0.917. The van der Waals surface area contributed by atoms with E-state index in [-0.39, 0.29) is 12.0 Å². The van der Waals surface area contributed by atoms with Crippen molar-refractivity contribution in [1.82, 2.24) is 5.32 Å². The first kappa shape index (κ1) is 15.4. The minimum Gasteiger partial charge on any atom is -0.376 e. The zero-order valence-corrected chi connectivity index (χ0v) is 11.2. The van der Waals surface area contributed by atoms with Gasteiger partial charge in [-0.2, -0.15) is 0 Å². The van der Waals surface area contributed by atoms with E-state index in [1.54, 1.807) is 6.92 Å². The number of hydrogen-bond donors (Lipinski definition) is 2. The highest BCUT2D eigenvalue weighted by Gasteiger charge is 2.31. The maximum absolute atomic E-state index is 11.4. The number of carbonyl (C=O) groups excluding carboxylic acids is 1. The lowest BCUT2D eigenvalue weighted by Crippen LogP contribution is -2.57. The maximum Gasteiger partial charge on any atom is 0.239 e. The molecule has 2 atom stereocenters. The van der Waals surface area contributed by atoms with Crippen LogP contribution in [-0.2, 0) is 9.53 Å². The van der Waals surface area contributed by atoms with Gasteiger partial charge in [0.15, 0.2) is 0 Å². The Morgan fingerprint density at radius 2 is 2.00 bits per heavy atom. The zero-order valence-electron chi connectivity index (χ0n) is 11.2. The first-order valence-corrected chi connectivity index (χ1v) is 6.00. The van der Waals surface area contributed by atoms with E-state index in [2.05, 4.69) is 19.2 Å². The summed E-state index contributed by atoms with van der Waals surface area (Å²) < 4.78 is 5.66. The molecule has 2 unspecified atom stereocenters. The van der Waals surface area contributed by atoms with Crippen LogP contribution in [-0.4, -0.2) is 30.7 Å². The number of primary amides is 1. The van der Waals surface area contributed by atoms with Gasteiger partial charge in [0, 0.05) is 0 Å². The summed E-state index contributed by atoms with van der Waals surface area (Å²) in [6.07, 6.45) is 1.09. The fourth-order valence-corrected chi connectivity index (χ4v) is 1.10. The maximum atomic E-state index is 11.4. The minimum absolute atomic E-state index is 0.127. The van der Waals surface area contributed by atoms with Gasteiger partial charge in [0.25, 0.3) is 0 Å². The van der Waals surface area contributed by atoms with Gasteiger partial charge in [0.1, 0.15) is 5.54 Å². The molecule has 96 valence electrons. The highest BCUT2D eigenvalue weighted by atomic mass is 16.5. The number of nitrogens with one attached hydrogen (secondary N) is 1. The van der Waals surface area contributed by atoms with E-state index in [0.717, 1.165) is 13.0 Å². The second kappa shape index (κ2) is 6.86. The third-order valence-electron chi connectivity index (χ3n) is 2.88. The molecule has 0 aromatic heterocycles. The number of amides is 1. The third-order valence-corrected chi connectivity index (χ3v) is 2.88. The van der Waals surface area contributed by atoms with Crippen molar-refractivity contribution in [2.75, 3.05) is 13.2 Å². The lowest BCUT2D eigenvalue weighted by Gasteiger charge is -2.29. The second-order valence-corrected chi connectivity index (χ2v) is 4.88.